The van der Waals surface area contributed by atoms with Crippen LogP contribution in [0.5, 0.6) is 5.75 Å². The molecule has 0 saturated carbocycles. The van der Waals surface area contributed by atoms with E-state index in [2.05, 4.69) is 25.3 Å². The molecular weight excluding hydrogens is 389 g/mol. The smallest absolute Gasteiger partial charge is 0.279 e. The minimum absolute atomic E-state index is 0.0865. The first-order valence-corrected chi connectivity index (χ1v) is 8.46. The molecule has 1 aliphatic heterocycles. The SMILES string of the molecule is O=C(Nc1ccncn1)c1nccnc1N1CC(Oc2cc(F)c(F)c(F)c2)C1. The largest absolute Gasteiger partial charge is 0.487 e. The van der Waals surface area contributed by atoms with E-state index >= 15 is 0 Å². The second-order valence-corrected chi connectivity index (χ2v) is 6.12. The zero-order chi connectivity index (χ0) is 20.4. The maximum atomic E-state index is 13.3. The summed E-state index contributed by atoms with van der Waals surface area (Å²) in [5.41, 5.74) is 0.0865. The third-order valence-electron chi connectivity index (χ3n) is 4.13. The highest BCUT2D eigenvalue weighted by Crippen LogP contribution is 2.26. The van der Waals surface area contributed by atoms with Gasteiger partial charge in [-0.15, -0.1) is 0 Å². The van der Waals surface area contributed by atoms with Gasteiger partial charge in [0, 0.05) is 30.7 Å². The van der Waals surface area contributed by atoms with Crippen molar-refractivity contribution in [2.45, 2.75) is 6.10 Å². The predicted molar refractivity (Wildman–Crippen MR) is 95.0 cm³/mol. The zero-order valence-electron chi connectivity index (χ0n) is 14.7. The molecule has 29 heavy (non-hydrogen) atoms. The van der Waals surface area contributed by atoms with Gasteiger partial charge in [-0.2, -0.15) is 0 Å². The molecule has 1 saturated heterocycles. The van der Waals surface area contributed by atoms with Gasteiger partial charge in [-0.05, 0) is 6.07 Å². The molecule has 0 bridgehead atoms. The molecule has 1 aromatic carbocycles. The number of rotatable bonds is 5. The Kier molecular flexibility index (Phi) is 4.94. The highest BCUT2D eigenvalue weighted by molar-refractivity contribution is 6.05. The van der Waals surface area contributed by atoms with Crippen LogP contribution in [0, 0.1) is 17.5 Å². The van der Waals surface area contributed by atoms with Gasteiger partial charge in [-0.1, -0.05) is 0 Å². The van der Waals surface area contributed by atoms with Crippen molar-refractivity contribution >= 4 is 17.5 Å². The maximum absolute atomic E-state index is 13.3. The molecule has 11 heteroatoms. The molecule has 1 N–H and O–H groups in total. The minimum Gasteiger partial charge on any atom is -0.487 e. The molecule has 8 nitrogen and oxygen atoms in total. The first kappa shape index (κ1) is 18.6. The quantitative estimate of drug-likeness (QED) is 0.654. The number of hydrogen-bond acceptors (Lipinski definition) is 7. The molecule has 0 aliphatic carbocycles. The van der Waals surface area contributed by atoms with Gasteiger partial charge in [0.2, 0.25) is 0 Å². The van der Waals surface area contributed by atoms with Gasteiger partial charge in [-0.3, -0.25) is 4.79 Å². The standard InChI is InChI=1S/C18H13F3N6O2/c19-12-5-10(6-13(20)15(12)21)29-11-7-27(8-11)17-16(23-3-4-24-17)18(28)26-14-1-2-22-9-25-14/h1-6,9,11H,7-8H2,(H,22,25,26,28). The molecule has 1 aliphatic rings. The van der Waals surface area contributed by atoms with Crippen LogP contribution in [-0.2, 0) is 0 Å². The summed E-state index contributed by atoms with van der Waals surface area (Å²) in [6.45, 7) is 0.597. The third-order valence-corrected chi connectivity index (χ3v) is 4.13. The molecule has 2 aromatic heterocycles. The first-order valence-electron chi connectivity index (χ1n) is 8.46. The van der Waals surface area contributed by atoms with Crippen LogP contribution in [0.2, 0.25) is 0 Å². The highest BCUT2D eigenvalue weighted by Gasteiger charge is 2.33. The lowest BCUT2D eigenvalue weighted by atomic mass is 10.1. The lowest BCUT2D eigenvalue weighted by molar-refractivity contribution is 0.102. The molecule has 0 radical (unpaired) electrons. The van der Waals surface area contributed by atoms with E-state index in [1.165, 1.54) is 31.0 Å². The van der Waals surface area contributed by atoms with Crippen molar-refractivity contribution in [3.63, 3.8) is 0 Å². The van der Waals surface area contributed by atoms with Crippen molar-refractivity contribution in [2.75, 3.05) is 23.3 Å². The summed E-state index contributed by atoms with van der Waals surface area (Å²) in [6, 6.07) is 3.09. The fourth-order valence-corrected chi connectivity index (χ4v) is 2.74. The van der Waals surface area contributed by atoms with Crippen molar-refractivity contribution in [3.8, 4) is 5.75 Å². The second-order valence-electron chi connectivity index (χ2n) is 6.12. The highest BCUT2D eigenvalue weighted by atomic mass is 19.2. The van der Waals surface area contributed by atoms with Crippen LogP contribution in [0.3, 0.4) is 0 Å². The van der Waals surface area contributed by atoms with Gasteiger partial charge in [0.25, 0.3) is 5.91 Å². The molecule has 4 rings (SSSR count). The number of anilines is 2. The van der Waals surface area contributed by atoms with Crippen molar-refractivity contribution in [2.24, 2.45) is 0 Å². The normalized spacial score (nSPS) is 13.7. The van der Waals surface area contributed by atoms with Gasteiger partial charge in [0.1, 0.15) is 24.0 Å². The number of benzene rings is 1. The fourth-order valence-electron chi connectivity index (χ4n) is 2.74. The number of halogens is 3. The van der Waals surface area contributed by atoms with E-state index in [0.29, 0.717) is 24.7 Å². The maximum Gasteiger partial charge on any atom is 0.279 e. The Bertz CT molecular complexity index is 1020. The summed E-state index contributed by atoms with van der Waals surface area (Å²) >= 11 is 0. The lowest BCUT2D eigenvalue weighted by Gasteiger charge is -2.40. The number of amides is 1. The van der Waals surface area contributed by atoms with Crippen molar-refractivity contribution in [1.29, 1.82) is 0 Å². The van der Waals surface area contributed by atoms with E-state index in [-0.39, 0.29) is 11.4 Å². The van der Waals surface area contributed by atoms with Crippen LogP contribution < -0.4 is 15.0 Å². The Morgan fingerprint density at radius 1 is 1.07 bits per heavy atom. The topological polar surface area (TPSA) is 93.1 Å². The summed E-state index contributed by atoms with van der Waals surface area (Å²) in [4.78, 5) is 30.2. The monoisotopic (exact) mass is 402 g/mol. The van der Waals surface area contributed by atoms with Crippen molar-refractivity contribution < 1.29 is 22.7 Å². The van der Waals surface area contributed by atoms with Crippen LogP contribution in [0.1, 0.15) is 10.5 Å². The number of carbonyl (C=O) groups excluding carboxylic acids is 1. The summed E-state index contributed by atoms with van der Waals surface area (Å²) < 4.78 is 45.1. The van der Waals surface area contributed by atoms with E-state index in [4.69, 9.17) is 4.74 Å². The molecule has 1 amide bonds. The van der Waals surface area contributed by atoms with Crippen molar-refractivity contribution in [1.82, 2.24) is 19.9 Å². The summed E-state index contributed by atoms with van der Waals surface area (Å²) in [6.07, 6.45) is 5.19. The summed E-state index contributed by atoms with van der Waals surface area (Å²) in [5, 5.41) is 2.60. The van der Waals surface area contributed by atoms with Crippen LogP contribution in [0.4, 0.5) is 24.8 Å². The molecule has 1 fully saturated rings. The van der Waals surface area contributed by atoms with Crippen LogP contribution >= 0.6 is 0 Å². The van der Waals surface area contributed by atoms with Gasteiger partial charge in [0.15, 0.2) is 29.0 Å². The number of nitrogens with one attached hydrogen (secondary N) is 1. The Labute approximate surface area is 162 Å². The van der Waals surface area contributed by atoms with Gasteiger partial charge in [-0.25, -0.2) is 33.1 Å². The zero-order valence-corrected chi connectivity index (χ0v) is 14.7. The van der Waals surface area contributed by atoms with Crippen molar-refractivity contribution in [3.05, 3.63) is 66.3 Å². The Balaban J connectivity index is 1.43. The fraction of sp³-hybridized carbons (Fsp3) is 0.167. The molecule has 0 spiro atoms. The minimum atomic E-state index is -1.55. The molecule has 3 heterocycles. The van der Waals surface area contributed by atoms with Crippen LogP contribution in [-0.4, -0.2) is 45.0 Å². The molecule has 3 aromatic rings. The summed E-state index contributed by atoms with van der Waals surface area (Å²) in [7, 11) is 0. The molecular formula is C18H13F3N6O2. The number of carbonyl (C=O) groups is 1. The Morgan fingerprint density at radius 3 is 2.48 bits per heavy atom. The average Bonchev–Trinajstić information content (AvgIpc) is 2.69. The van der Waals surface area contributed by atoms with Crippen LogP contribution in [0.15, 0.2) is 43.1 Å². The Hall–Kier alpha value is -3.76. The number of nitrogens with zero attached hydrogens (tertiary/aromatic N) is 5. The number of hydrogen-bond donors (Lipinski definition) is 1. The molecule has 0 atom stereocenters. The molecule has 148 valence electrons. The number of aromatic nitrogens is 4. The Morgan fingerprint density at radius 2 is 1.79 bits per heavy atom. The van der Waals surface area contributed by atoms with Gasteiger partial charge >= 0.3 is 0 Å². The van der Waals surface area contributed by atoms with E-state index in [0.717, 1.165) is 12.1 Å². The van der Waals surface area contributed by atoms with E-state index < -0.39 is 29.5 Å². The third kappa shape index (κ3) is 3.93. The lowest BCUT2D eigenvalue weighted by Crippen LogP contribution is -2.54. The van der Waals surface area contributed by atoms with E-state index in [9.17, 15) is 18.0 Å². The number of ether oxygens (including phenoxy) is 1. The van der Waals surface area contributed by atoms with Crippen LogP contribution in [0.25, 0.3) is 0 Å². The second kappa shape index (κ2) is 7.70. The predicted octanol–water partition coefficient (Wildman–Crippen LogP) is 2.20. The average molecular weight is 402 g/mol. The van der Waals surface area contributed by atoms with E-state index in [1.54, 1.807) is 4.90 Å². The van der Waals surface area contributed by atoms with Gasteiger partial charge < -0.3 is 15.0 Å². The first-order chi connectivity index (χ1) is 14.0. The van der Waals surface area contributed by atoms with Gasteiger partial charge in [0.05, 0.1) is 13.1 Å². The molecule has 0 unspecified atom stereocenters. The summed E-state index contributed by atoms with van der Waals surface area (Å²) in [5.74, 6) is -4.18. The van der Waals surface area contributed by atoms with E-state index in [1.807, 2.05) is 0 Å².